The summed E-state index contributed by atoms with van der Waals surface area (Å²) in [7, 11) is -5.72. The molecule has 4 aromatic carbocycles. The van der Waals surface area contributed by atoms with E-state index in [9.17, 15) is 16.8 Å². The van der Waals surface area contributed by atoms with E-state index in [0.717, 1.165) is 11.1 Å². The zero-order valence-electron chi connectivity index (χ0n) is 22.0. The average Bonchev–Trinajstić information content (AvgIpc) is 2.98. The van der Waals surface area contributed by atoms with Crippen LogP contribution >= 0.6 is 0 Å². The Bertz CT molecular complexity index is 1770. The highest BCUT2D eigenvalue weighted by molar-refractivity contribution is 7.95. The minimum atomic E-state index is -3.73. The van der Waals surface area contributed by atoms with Crippen LogP contribution in [-0.2, 0) is 19.7 Å². The van der Waals surface area contributed by atoms with Gasteiger partial charge in [0.25, 0.3) is 0 Å². The van der Waals surface area contributed by atoms with Crippen LogP contribution in [-0.4, -0.2) is 23.9 Å². The van der Waals surface area contributed by atoms with Crippen LogP contribution in [0.15, 0.2) is 135 Å². The van der Waals surface area contributed by atoms with Gasteiger partial charge in [-0.15, -0.1) is 0 Å². The van der Waals surface area contributed by atoms with Crippen LogP contribution < -0.4 is 9.47 Å². The fourth-order valence-corrected chi connectivity index (χ4v) is 7.00. The van der Waals surface area contributed by atoms with Gasteiger partial charge in [-0.3, -0.25) is 0 Å². The lowest BCUT2D eigenvalue weighted by molar-refractivity contribution is 0.413. The van der Waals surface area contributed by atoms with Crippen molar-refractivity contribution in [3.8, 4) is 17.2 Å². The molecule has 0 saturated carbocycles. The molecule has 1 unspecified atom stereocenters. The molecule has 4 aromatic rings. The van der Waals surface area contributed by atoms with E-state index in [1.54, 1.807) is 104 Å². The molecule has 1 aliphatic rings. The first-order valence-electron chi connectivity index (χ1n) is 12.6. The summed E-state index contributed by atoms with van der Waals surface area (Å²) >= 11 is 0. The van der Waals surface area contributed by atoms with Gasteiger partial charge in [0.1, 0.15) is 17.2 Å². The Morgan fingerprint density at radius 3 is 1.62 bits per heavy atom. The van der Waals surface area contributed by atoms with E-state index >= 15 is 0 Å². The first-order valence-corrected chi connectivity index (χ1v) is 15.6. The smallest absolute Gasteiger partial charge is 0.206 e. The van der Waals surface area contributed by atoms with Gasteiger partial charge in [-0.25, -0.2) is 16.8 Å². The third-order valence-electron chi connectivity index (χ3n) is 6.76. The monoisotopic (exact) mass is 572 g/mol. The fourth-order valence-electron chi connectivity index (χ4n) is 4.40. The second-order valence-electron chi connectivity index (χ2n) is 9.45. The second-order valence-corrected chi connectivity index (χ2v) is 13.3. The molecule has 0 spiro atoms. The van der Waals surface area contributed by atoms with Gasteiger partial charge in [0.2, 0.25) is 19.7 Å². The summed E-state index contributed by atoms with van der Waals surface area (Å²) in [5, 5.41) is 0. The van der Waals surface area contributed by atoms with Crippen molar-refractivity contribution in [1.82, 2.24) is 0 Å². The molecule has 0 heterocycles. The number of allylic oxidation sites excluding steroid dienone is 3. The third-order valence-corrected chi connectivity index (χ3v) is 10.4. The quantitative estimate of drug-likeness (QED) is 0.225. The van der Waals surface area contributed by atoms with Crippen LogP contribution in [0.2, 0.25) is 0 Å². The molecule has 0 saturated heterocycles. The van der Waals surface area contributed by atoms with Crippen LogP contribution in [0, 0.1) is 6.92 Å². The normalized spacial score (nSPS) is 15.3. The molecule has 5 rings (SSSR count). The zero-order chi connectivity index (χ0) is 28.3. The van der Waals surface area contributed by atoms with Crippen molar-refractivity contribution in [2.24, 2.45) is 0 Å². The molecule has 0 aromatic heterocycles. The van der Waals surface area contributed by atoms with Gasteiger partial charge in [-0.05, 0) is 97.8 Å². The molecule has 1 aliphatic carbocycles. The van der Waals surface area contributed by atoms with Gasteiger partial charge >= 0.3 is 0 Å². The van der Waals surface area contributed by atoms with E-state index in [2.05, 4.69) is 0 Å². The van der Waals surface area contributed by atoms with Crippen LogP contribution in [0.3, 0.4) is 0 Å². The SMILES string of the molecule is COc1ccc(Oc2ccc(S(=O)(=O)c3ccc(C4C=CC(S(=O)(=O)c5ccc(C)cc5)=CC4)cc3)cc2)cc1. The Labute approximate surface area is 235 Å². The Balaban J connectivity index is 1.26. The van der Waals surface area contributed by atoms with Crippen LogP contribution in [0.5, 0.6) is 17.2 Å². The van der Waals surface area contributed by atoms with Gasteiger partial charge < -0.3 is 9.47 Å². The maximum atomic E-state index is 13.2. The average molecular weight is 573 g/mol. The molecule has 0 radical (unpaired) electrons. The van der Waals surface area contributed by atoms with Crippen molar-refractivity contribution in [2.45, 2.75) is 33.9 Å². The molecule has 6 nitrogen and oxygen atoms in total. The maximum Gasteiger partial charge on any atom is 0.206 e. The lowest BCUT2D eigenvalue weighted by atomic mass is 9.93. The number of aryl methyl sites for hydroxylation is 1. The van der Waals surface area contributed by atoms with Gasteiger partial charge in [0, 0.05) is 5.92 Å². The molecule has 8 heteroatoms. The van der Waals surface area contributed by atoms with Gasteiger partial charge in [0.05, 0.1) is 26.7 Å². The van der Waals surface area contributed by atoms with Crippen molar-refractivity contribution in [3.63, 3.8) is 0 Å². The van der Waals surface area contributed by atoms with E-state index in [1.807, 2.05) is 13.0 Å². The molecule has 1 atom stereocenters. The molecule has 0 aliphatic heterocycles. The number of hydrogen-bond acceptors (Lipinski definition) is 6. The first kappa shape index (κ1) is 27.4. The minimum Gasteiger partial charge on any atom is -0.497 e. The fraction of sp³-hybridized carbons (Fsp3) is 0.125. The molecule has 204 valence electrons. The number of hydrogen-bond donors (Lipinski definition) is 0. The van der Waals surface area contributed by atoms with E-state index in [0.29, 0.717) is 23.7 Å². The second kappa shape index (κ2) is 11.2. The van der Waals surface area contributed by atoms with E-state index in [-0.39, 0.29) is 25.5 Å². The molecule has 0 amide bonds. The van der Waals surface area contributed by atoms with Crippen LogP contribution in [0.4, 0.5) is 0 Å². The summed E-state index contributed by atoms with van der Waals surface area (Å²) in [4.78, 5) is 0.875. The molecule has 0 bridgehead atoms. The summed E-state index contributed by atoms with van der Waals surface area (Å²) < 4.78 is 63.3. The summed E-state index contributed by atoms with van der Waals surface area (Å²) in [5.74, 6) is 1.79. The summed E-state index contributed by atoms with van der Waals surface area (Å²) in [5.41, 5.74) is 1.90. The number of sulfone groups is 2. The highest BCUT2D eigenvalue weighted by atomic mass is 32.2. The van der Waals surface area contributed by atoms with Gasteiger partial charge in [-0.1, -0.05) is 42.0 Å². The third kappa shape index (κ3) is 5.73. The molecular weight excluding hydrogens is 544 g/mol. The van der Waals surface area contributed by atoms with E-state index in [1.165, 1.54) is 12.1 Å². The summed E-state index contributed by atoms with van der Waals surface area (Å²) in [6, 6.07) is 26.9. The zero-order valence-corrected chi connectivity index (χ0v) is 23.7. The van der Waals surface area contributed by atoms with Crippen molar-refractivity contribution < 1.29 is 26.3 Å². The standard InChI is InChI=1S/C32H28O6S2/c1-23-3-15-29(16-4-23)39(33,34)30-17-5-24(6-18-30)25-7-19-31(20-8-25)40(35,36)32-21-13-28(14-22-32)38-27-11-9-26(37-2)10-12-27/h3-5,7-22,24H,6H2,1-2H3. The van der Waals surface area contributed by atoms with Crippen molar-refractivity contribution in [1.29, 1.82) is 0 Å². The molecule has 0 fully saturated rings. The van der Waals surface area contributed by atoms with E-state index in [4.69, 9.17) is 9.47 Å². The number of ether oxygens (including phenoxy) is 2. The topological polar surface area (TPSA) is 86.7 Å². The Morgan fingerprint density at radius 1 is 0.625 bits per heavy atom. The largest absolute Gasteiger partial charge is 0.497 e. The Kier molecular flexibility index (Phi) is 7.65. The lowest BCUT2D eigenvalue weighted by Gasteiger charge is -2.17. The predicted molar refractivity (Wildman–Crippen MR) is 154 cm³/mol. The Hall–Kier alpha value is -4.14. The number of methoxy groups -OCH3 is 1. The molecule has 40 heavy (non-hydrogen) atoms. The molecule has 0 N–H and O–H groups in total. The predicted octanol–water partition coefficient (Wildman–Crippen LogP) is 7.03. The summed E-state index contributed by atoms with van der Waals surface area (Å²) in [6.07, 6.45) is 5.70. The summed E-state index contributed by atoms with van der Waals surface area (Å²) in [6.45, 7) is 1.91. The number of benzene rings is 4. The lowest BCUT2D eigenvalue weighted by Crippen LogP contribution is -2.08. The minimum absolute atomic E-state index is 0.0527. The van der Waals surface area contributed by atoms with Crippen molar-refractivity contribution >= 4 is 19.7 Å². The molecular formula is C32H28O6S2. The van der Waals surface area contributed by atoms with E-state index < -0.39 is 19.7 Å². The maximum absolute atomic E-state index is 13.2. The Morgan fingerprint density at radius 2 is 1.10 bits per heavy atom. The number of rotatable bonds is 8. The van der Waals surface area contributed by atoms with Gasteiger partial charge in [0.15, 0.2) is 0 Å². The van der Waals surface area contributed by atoms with Crippen LogP contribution in [0.1, 0.15) is 23.5 Å². The highest BCUT2D eigenvalue weighted by Gasteiger charge is 2.23. The van der Waals surface area contributed by atoms with Gasteiger partial charge in [-0.2, -0.15) is 0 Å². The first-order chi connectivity index (χ1) is 19.2. The van der Waals surface area contributed by atoms with Crippen LogP contribution in [0.25, 0.3) is 0 Å². The van der Waals surface area contributed by atoms with Crippen molar-refractivity contribution in [2.75, 3.05) is 7.11 Å². The highest BCUT2D eigenvalue weighted by Crippen LogP contribution is 2.33. The van der Waals surface area contributed by atoms with Crippen molar-refractivity contribution in [3.05, 3.63) is 131 Å².